The third kappa shape index (κ3) is 3.19. The molecule has 2 atom stereocenters. The normalized spacial score (nSPS) is 23.9. The Morgan fingerprint density at radius 3 is 2.82 bits per heavy atom. The topological polar surface area (TPSA) is 18.5 Å². The van der Waals surface area contributed by atoms with Gasteiger partial charge in [-0.15, -0.1) is 0 Å². The van der Waals surface area contributed by atoms with Gasteiger partial charge in [-0.1, -0.05) is 15.9 Å². The molecule has 0 bridgehead atoms. The van der Waals surface area contributed by atoms with E-state index in [0.717, 1.165) is 29.5 Å². The number of benzene rings is 1. The van der Waals surface area contributed by atoms with Crippen molar-refractivity contribution in [2.45, 2.75) is 31.5 Å². The summed E-state index contributed by atoms with van der Waals surface area (Å²) in [5, 5.41) is 0.865. The lowest BCUT2D eigenvalue weighted by atomic mass is 10.0. The lowest BCUT2D eigenvalue weighted by Gasteiger charge is -2.14. The lowest BCUT2D eigenvalue weighted by molar-refractivity contribution is 0.0592. The van der Waals surface area contributed by atoms with Crippen molar-refractivity contribution in [3.63, 3.8) is 0 Å². The first kappa shape index (κ1) is 12.8. The molecule has 4 heteroatoms. The van der Waals surface area contributed by atoms with E-state index in [9.17, 15) is 4.39 Å². The Hall–Kier alpha value is -0.610. The zero-order valence-electron chi connectivity index (χ0n) is 9.79. The number of alkyl halides is 1. The van der Waals surface area contributed by atoms with Gasteiger partial charge in [0, 0.05) is 11.8 Å². The second kappa shape index (κ2) is 5.83. The minimum atomic E-state index is -0.226. The molecule has 1 aromatic rings. The number of hydrogen-bond donors (Lipinski definition) is 0. The molecule has 0 aliphatic carbocycles. The third-order valence-corrected chi connectivity index (χ3v) is 3.78. The van der Waals surface area contributed by atoms with Crippen molar-refractivity contribution in [2.75, 3.05) is 12.4 Å². The molecule has 0 aromatic heterocycles. The molecule has 94 valence electrons. The summed E-state index contributed by atoms with van der Waals surface area (Å²) in [6.45, 7) is 0. The fourth-order valence-corrected chi connectivity index (χ4v) is 2.67. The largest absolute Gasteiger partial charge is 0.496 e. The van der Waals surface area contributed by atoms with Crippen LogP contribution in [0.1, 0.15) is 18.4 Å². The van der Waals surface area contributed by atoms with E-state index in [4.69, 9.17) is 9.47 Å². The standard InChI is InChI=1S/C13H16BrFO2/c1-16-13-5-2-10(15)6-9(13)7-11-3-4-12(8-14)17-11/h2,5-6,11-12H,3-4,7-8H2,1H3. The summed E-state index contributed by atoms with van der Waals surface area (Å²) in [7, 11) is 1.60. The minimum absolute atomic E-state index is 0.174. The Kier molecular flexibility index (Phi) is 4.40. The summed E-state index contributed by atoms with van der Waals surface area (Å²) >= 11 is 3.42. The van der Waals surface area contributed by atoms with E-state index in [0.29, 0.717) is 12.5 Å². The van der Waals surface area contributed by atoms with Gasteiger partial charge in [0.15, 0.2) is 0 Å². The Balaban J connectivity index is 2.05. The first-order chi connectivity index (χ1) is 8.22. The molecule has 0 amide bonds. The monoisotopic (exact) mass is 302 g/mol. The summed E-state index contributed by atoms with van der Waals surface area (Å²) in [4.78, 5) is 0. The predicted octanol–water partition coefficient (Wildman–Crippen LogP) is 3.32. The third-order valence-electron chi connectivity index (χ3n) is 3.06. The molecule has 1 aromatic carbocycles. The van der Waals surface area contributed by atoms with Crippen LogP contribution in [0, 0.1) is 5.82 Å². The maximum atomic E-state index is 13.2. The van der Waals surface area contributed by atoms with Crippen molar-refractivity contribution in [1.82, 2.24) is 0 Å². The Morgan fingerprint density at radius 1 is 1.41 bits per heavy atom. The molecule has 0 radical (unpaired) electrons. The van der Waals surface area contributed by atoms with Gasteiger partial charge in [-0.05, 0) is 36.6 Å². The molecule has 0 spiro atoms. The maximum absolute atomic E-state index is 13.2. The predicted molar refractivity (Wildman–Crippen MR) is 68.3 cm³/mol. The van der Waals surface area contributed by atoms with Crippen LogP contribution in [0.15, 0.2) is 18.2 Å². The summed E-state index contributed by atoms with van der Waals surface area (Å²) < 4.78 is 24.3. The van der Waals surface area contributed by atoms with Gasteiger partial charge >= 0.3 is 0 Å². The molecule has 1 saturated heterocycles. The lowest BCUT2D eigenvalue weighted by Crippen LogP contribution is -2.14. The highest BCUT2D eigenvalue weighted by Crippen LogP contribution is 2.28. The SMILES string of the molecule is COc1ccc(F)cc1CC1CCC(CBr)O1. The smallest absolute Gasteiger partial charge is 0.123 e. The summed E-state index contributed by atoms with van der Waals surface area (Å²) in [5.41, 5.74) is 0.882. The number of hydrogen-bond acceptors (Lipinski definition) is 2. The van der Waals surface area contributed by atoms with Crippen LogP contribution in [-0.2, 0) is 11.2 Å². The molecule has 1 aliphatic heterocycles. The van der Waals surface area contributed by atoms with E-state index in [-0.39, 0.29) is 11.9 Å². The number of rotatable bonds is 4. The van der Waals surface area contributed by atoms with Crippen LogP contribution < -0.4 is 4.74 Å². The van der Waals surface area contributed by atoms with E-state index in [1.165, 1.54) is 12.1 Å². The molecule has 2 rings (SSSR count). The van der Waals surface area contributed by atoms with Crippen LogP contribution in [0.5, 0.6) is 5.75 Å². The van der Waals surface area contributed by atoms with Gasteiger partial charge < -0.3 is 9.47 Å². The van der Waals surface area contributed by atoms with Crippen LogP contribution in [0.4, 0.5) is 4.39 Å². The van der Waals surface area contributed by atoms with Gasteiger partial charge in [-0.2, -0.15) is 0 Å². The highest BCUT2D eigenvalue weighted by atomic mass is 79.9. The quantitative estimate of drug-likeness (QED) is 0.795. The number of halogens is 2. The average Bonchev–Trinajstić information content (AvgIpc) is 2.77. The zero-order valence-corrected chi connectivity index (χ0v) is 11.4. The van der Waals surface area contributed by atoms with Crippen LogP contribution in [0.25, 0.3) is 0 Å². The van der Waals surface area contributed by atoms with Gasteiger partial charge in [-0.3, -0.25) is 0 Å². The highest BCUT2D eigenvalue weighted by molar-refractivity contribution is 9.09. The fourth-order valence-electron chi connectivity index (χ4n) is 2.20. The summed E-state index contributed by atoms with van der Waals surface area (Å²) in [6, 6.07) is 4.62. The fraction of sp³-hybridized carbons (Fsp3) is 0.538. The second-order valence-electron chi connectivity index (χ2n) is 4.27. The molecule has 0 saturated carbocycles. The zero-order chi connectivity index (χ0) is 12.3. The minimum Gasteiger partial charge on any atom is -0.496 e. The average molecular weight is 303 g/mol. The van der Waals surface area contributed by atoms with Crippen LogP contribution >= 0.6 is 15.9 Å². The molecule has 0 N–H and O–H groups in total. The first-order valence-electron chi connectivity index (χ1n) is 5.76. The van der Waals surface area contributed by atoms with Crippen molar-refractivity contribution >= 4 is 15.9 Å². The number of methoxy groups -OCH3 is 1. The molecular formula is C13H16BrFO2. The van der Waals surface area contributed by atoms with Crippen molar-refractivity contribution in [3.8, 4) is 5.75 Å². The second-order valence-corrected chi connectivity index (χ2v) is 4.92. The maximum Gasteiger partial charge on any atom is 0.123 e. The van der Waals surface area contributed by atoms with Crippen molar-refractivity contribution in [2.24, 2.45) is 0 Å². The molecule has 17 heavy (non-hydrogen) atoms. The van der Waals surface area contributed by atoms with Crippen LogP contribution in [-0.4, -0.2) is 24.6 Å². The van der Waals surface area contributed by atoms with Gasteiger partial charge in [0.1, 0.15) is 11.6 Å². The van der Waals surface area contributed by atoms with Crippen molar-refractivity contribution in [3.05, 3.63) is 29.6 Å². The van der Waals surface area contributed by atoms with Gasteiger partial charge in [-0.25, -0.2) is 4.39 Å². The van der Waals surface area contributed by atoms with Crippen molar-refractivity contribution < 1.29 is 13.9 Å². The molecule has 2 nitrogen and oxygen atoms in total. The van der Waals surface area contributed by atoms with E-state index in [1.807, 2.05) is 0 Å². The van der Waals surface area contributed by atoms with Crippen LogP contribution in [0.3, 0.4) is 0 Å². The Labute approximate surface area is 109 Å². The molecule has 2 unspecified atom stereocenters. The number of ether oxygens (including phenoxy) is 2. The van der Waals surface area contributed by atoms with E-state index >= 15 is 0 Å². The van der Waals surface area contributed by atoms with E-state index in [2.05, 4.69) is 15.9 Å². The molecular weight excluding hydrogens is 287 g/mol. The molecule has 1 fully saturated rings. The summed E-state index contributed by atoms with van der Waals surface area (Å²) in [5.74, 6) is 0.508. The van der Waals surface area contributed by atoms with E-state index < -0.39 is 0 Å². The van der Waals surface area contributed by atoms with Gasteiger partial charge in [0.25, 0.3) is 0 Å². The van der Waals surface area contributed by atoms with Gasteiger partial charge in [0.05, 0.1) is 19.3 Å². The van der Waals surface area contributed by atoms with Crippen molar-refractivity contribution in [1.29, 1.82) is 0 Å². The Morgan fingerprint density at radius 2 is 2.18 bits per heavy atom. The van der Waals surface area contributed by atoms with Gasteiger partial charge in [0.2, 0.25) is 0 Å². The highest BCUT2D eigenvalue weighted by Gasteiger charge is 2.25. The Bertz CT molecular complexity index is 384. The molecule has 1 aliphatic rings. The van der Waals surface area contributed by atoms with Crippen LogP contribution in [0.2, 0.25) is 0 Å². The summed E-state index contributed by atoms with van der Waals surface area (Å²) in [6.07, 6.45) is 3.27. The van der Waals surface area contributed by atoms with E-state index in [1.54, 1.807) is 13.2 Å². The molecule has 1 heterocycles. The first-order valence-corrected chi connectivity index (χ1v) is 6.89.